The number of nitrogens with zero attached hydrogens (tertiary/aromatic N) is 1. The first-order valence-electron chi connectivity index (χ1n) is 8.84. The minimum Gasteiger partial charge on any atom is -0.372 e. The van der Waals surface area contributed by atoms with E-state index in [1.807, 2.05) is 6.07 Å². The van der Waals surface area contributed by atoms with E-state index in [-0.39, 0.29) is 11.7 Å². The molecule has 2 aromatic rings. The molecule has 24 heavy (non-hydrogen) atoms. The zero-order valence-corrected chi connectivity index (χ0v) is 14.8. The molecular weight excluding hydrogens is 318 g/mol. The molecule has 4 rings (SSSR count). The maximum atomic E-state index is 6.22. The zero-order valence-electron chi connectivity index (χ0n) is 14.0. The zero-order chi connectivity index (χ0) is 16.2. The molecule has 1 aromatic heterocycles. The third kappa shape index (κ3) is 3.89. The van der Waals surface area contributed by atoms with Crippen LogP contribution in [0.15, 0.2) is 47.2 Å². The summed E-state index contributed by atoms with van der Waals surface area (Å²) in [6.07, 6.45) is 3.55. The molecule has 0 saturated carbocycles. The van der Waals surface area contributed by atoms with Gasteiger partial charge in [0.15, 0.2) is 0 Å². The van der Waals surface area contributed by atoms with Gasteiger partial charge in [-0.25, -0.2) is 0 Å². The van der Waals surface area contributed by atoms with Crippen LogP contribution >= 0.6 is 11.3 Å². The number of piperidine rings is 1. The lowest BCUT2D eigenvalue weighted by atomic mass is 9.88. The van der Waals surface area contributed by atoms with Gasteiger partial charge in [0.2, 0.25) is 0 Å². The third-order valence-electron chi connectivity index (χ3n) is 5.26. The summed E-state index contributed by atoms with van der Waals surface area (Å²) >= 11 is 1.78. The molecule has 1 aromatic carbocycles. The molecule has 1 spiro atoms. The Morgan fingerprint density at radius 2 is 1.96 bits per heavy atom. The second kappa shape index (κ2) is 7.36. The van der Waals surface area contributed by atoms with Crippen molar-refractivity contribution in [1.29, 1.82) is 0 Å². The van der Waals surface area contributed by atoms with Crippen LogP contribution in [0.1, 0.15) is 30.4 Å². The standard InChI is InChI=1S/C20H25NO2S/c1-2-4-17(5-3-1)14-22-19-12-20(23-15-19)7-9-21(10-8-20)13-18-6-11-24-16-18/h1-6,11,16,19H,7-10,12-15H2/t19-/m0/s1. The van der Waals surface area contributed by atoms with E-state index in [0.29, 0.717) is 6.61 Å². The number of thiophene rings is 1. The fourth-order valence-electron chi connectivity index (χ4n) is 3.81. The second-order valence-corrected chi connectivity index (χ2v) is 7.80. The lowest BCUT2D eigenvalue weighted by molar-refractivity contribution is -0.0468. The average molecular weight is 343 g/mol. The molecule has 0 amide bonds. The van der Waals surface area contributed by atoms with E-state index >= 15 is 0 Å². The molecule has 128 valence electrons. The monoisotopic (exact) mass is 343 g/mol. The Bertz CT molecular complexity index is 620. The van der Waals surface area contributed by atoms with Gasteiger partial charge in [0.1, 0.15) is 0 Å². The molecule has 2 saturated heterocycles. The maximum Gasteiger partial charge on any atom is 0.0840 e. The lowest BCUT2D eigenvalue weighted by Gasteiger charge is -2.38. The third-order valence-corrected chi connectivity index (χ3v) is 5.99. The van der Waals surface area contributed by atoms with Crippen LogP contribution in [0, 0.1) is 0 Å². The topological polar surface area (TPSA) is 21.7 Å². The molecule has 0 unspecified atom stereocenters. The Morgan fingerprint density at radius 1 is 1.12 bits per heavy atom. The van der Waals surface area contributed by atoms with Gasteiger partial charge < -0.3 is 9.47 Å². The van der Waals surface area contributed by atoms with Gasteiger partial charge in [-0.15, -0.1) is 0 Å². The molecule has 2 aliphatic heterocycles. The molecule has 4 heteroatoms. The van der Waals surface area contributed by atoms with Gasteiger partial charge in [0.25, 0.3) is 0 Å². The van der Waals surface area contributed by atoms with E-state index < -0.39 is 0 Å². The number of ether oxygens (including phenoxy) is 2. The van der Waals surface area contributed by atoms with Crippen LogP contribution in [-0.2, 0) is 22.6 Å². The van der Waals surface area contributed by atoms with Crippen molar-refractivity contribution in [3.63, 3.8) is 0 Å². The minimum atomic E-state index is 0.0620. The Kier molecular flexibility index (Phi) is 4.99. The van der Waals surface area contributed by atoms with Crippen molar-refractivity contribution in [2.45, 2.75) is 44.1 Å². The SMILES string of the molecule is c1ccc(CO[C@@H]2COC3(CCN(Cc4ccsc4)CC3)C2)cc1. The first kappa shape index (κ1) is 16.3. The van der Waals surface area contributed by atoms with Crippen LogP contribution in [0.5, 0.6) is 0 Å². The normalized spacial score (nSPS) is 23.8. The van der Waals surface area contributed by atoms with Crippen LogP contribution < -0.4 is 0 Å². The summed E-state index contributed by atoms with van der Waals surface area (Å²) < 4.78 is 12.3. The quantitative estimate of drug-likeness (QED) is 0.816. The van der Waals surface area contributed by atoms with Gasteiger partial charge in [-0.05, 0) is 40.8 Å². The van der Waals surface area contributed by atoms with E-state index in [0.717, 1.165) is 45.5 Å². The molecule has 0 aliphatic carbocycles. The van der Waals surface area contributed by atoms with Crippen LogP contribution in [0.2, 0.25) is 0 Å². The molecule has 3 heterocycles. The van der Waals surface area contributed by atoms with Crippen LogP contribution in [-0.4, -0.2) is 36.3 Å². The van der Waals surface area contributed by atoms with E-state index in [2.05, 4.69) is 46.0 Å². The minimum absolute atomic E-state index is 0.0620. The predicted molar refractivity (Wildman–Crippen MR) is 97.1 cm³/mol. The second-order valence-electron chi connectivity index (χ2n) is 7.02. The smallest absolute Gasteiger partial charge is 0.0840 e. The molecule has 1 atom stereocenters. The number of hydrogen-bond acceptors (Lipinski definition) is 4. The van der Waals surface area contributed by atoms with E-state index in [4.69, 9.17) is 9.47 Å². The van der Waals surface area contributed by atoms with Crippen LogP contribution in [0.4, 0.5) is 0 Å². The van der Waals surface area contributed by atoms with Gasteiger partial charge in [-0.1, -0.05) is 30.3 Å². The molecular formula is C20H25NO2S. The number of hydrogen-bond donors (Lipinski definition) is 0. The summed E-state index contributed by atoms with van der Waals surface area (Å²) in [5.74, 6) is 0. The molecule has 0 N–H and O–H groups in total. The fourth-order valence-corrected chi connectivity index (χ4v) is 4.47. The largest absolute Gasteiger partial charge is 0.372 e. The van der Waals surface area contributed by atoms with Crippen molar-refractivity contribution < 1.29 is 9.47 Å². The predicted octanol–water partition coefficient (Wildman–Crippen LogP) is 4.09. The Morgan fingerprint density at radius 3 is 2.71 bits per heavy atom. The highest BCUT2D eigenvalue weighted by Crippen LogP contribution is 2.37. The van der Waals surface area contributed by atoms with Crippen molar-refractivity contribution in [3.05, 3.63) is 58.3 Å². The molecule has 0 bridgehead atoms. The summed E-state index contributed by atoms with van der Waals surface area (Å²) in [6.45, 7) is 4.77. The number of benzene rings is 1. The molecule has 3 nitrogen and oxygen atoms in total. The maximum absolute atomic E-state index is 6.22. The molecule has 2 aliphatic rings. The van der Waals surface area contributed by atoms with Crippen molar-refractivity contribution in [2.75, 3.05) is 19.7 Å². The van der Waals surface area contributed by atoms with Gasteiger partial charge >= 0.3 is 0 Å². The molecule has 2 fully saturated rings. The van der Waals surface area contributed by atoms with Gasteiger partial charge in [0.05, 0.1) is 24.9 Å². The first-order valence-corrected chi connectivity index (χ1v) is 9.79. The Labute approximate surface area is 148 Å². The summed E-state index contributed by atoms with van der Waals surface area (Å²) in [7, 11) is 0. The van der Waals surface area contributed by atoms with Crippen molar-refractivity contribution in [3.8, 4) is 0 Å². The fraction of sp³-hybridized carbons (Fsp3) is 0.500. The van der Waals surface area contributed by atoms with Crippen molar-refractivity contribution >= 4 is 11.3 Å². The van der Waals surface area contributed by atoms with Crippen LogP contribution in [0.25, 0.3) is 0 Å². The van der Waals surface area contributed by atoms with E-state index in [1.54, 1.807) is 11.3 Å². The van der Waals surface area contributed by atoms with Crippen LogP contribution in [0.3, 0.4) is 0 Å². The number of rotatable bonds is 5. The van der Waals surface area contributed by atoms with Gasteiger partial charge in [-0.2, -0.15) is 11.3 Å². The summed E-state index contributed by atoms with van der Waals surface area (Å²) in [4.78, 5) is 2.55. The lowest BCUT2D eigenvalue weighted by Crippen LogP contribution is -2.43. The summed E-state index contributed by atoms with van der Waals surface area (Å²) in [5, 5.41) is 4.42. The average Bonchev–Trinajstić information content (AvgIpc) is 3.27. The van der Waals surface area contributed by atoms with Crippen molar-refractivity contribution in [2.24, 2.45) is 0 Å². The van der Waals surface area contributed by atoms with Gasteiger partial charge in [0, 0.05) is 26.1 Å². The highest BCUT2D eigenvalue weighted by atomic mass is 32.1. The summed E-state index contributed by atoms with van der Waals surface area (Å²) in [5.41, 5.74) is 2.74. The highest BCUT2D eigenvalue weighted by Gasteiger charge is 2.43. The van der Waals surface area contributed by atoms with Gasteiger partial charge in [-0.3, -0.25) is 4.90 Å². The summed E-state index contributed by atoms with van der Waals surface area (Å²) in [6, 6.07) is 12.6. The molecule has 0 radical (unpaired) electrons. The Balaban J connectivity index is 1.24. The van der Waals surface area contributed by atoms with E-state index in [9.17, 15) is 0 Å². The Hall–Kier alpha value is -1.20. The highest BCUT2D eigenvalue weighted by molar-refractivity contribution is 7.07. The van der Waals surface area contributed by atoms with Crippen molar-refractivity contribution in [1.82, 2.24) is 4.90 Å². The van der Waals surface area contributed by atoms with E-state index in [1.165, 1.54) is 11.1 Å². The first-order chi connectivity index (χ1) is 11.8. The number of likely N-dealkylation sites (tertiary alicyclic amines) is 1.